The topological polar surface area (TPSA) is 62.1 Å². The summed E-state index contributed by atoms with van der Waals surface area (Å²) < 4.78 is 5.47. The van der Waals surface area contributed by atoms with E-state index in [4.69, 9.17) is 10.00 Å². The molecule has 0 aromatic heterocycles. The molecule has 4 heteroatoms. The van der Waals surface area contributed by atoms with Crippen LogP contribution in [0.2, 0.25) is 0 Å². The number of amides is 1. The van der Waals surface area contributed by atoms with E-state index in [9.17, 15) is 4.79 Å². The molecule has 0 radical (unpaired) electrons. The highest BCUT2D eigenvalue weighted by atomic mass is 16.5. The van der Waals surface area contributed by atoms with Crippen LogP contribution in [-0.2, 0) is 9.53 Å². The Hall–Kier alpha value is -1.86. The Morgan fingerprint density at radius 2 is 2.22 bits per heavy atom. The van der Waals surface area contributed by atoms with Crippen molar-refractivity contribution in [1.29, 1.82) is 5.26 Å². The van der Waals surface area contributed by atoms with Crippen LogP contribution < -0.4 is 5.32 Å². The van der Waals surface area contributed by atoms with Crippen molar-refractivity contribution in [2.24, 2.45) is 0 Å². The Kier molecular flexibility index (Phi) is 4.32. The summed E-state index contributed by atoms with van der Waals surface area (Å²) in [6, 6.07) is 8.90. The second-order valence-electron chi connectivity index (χ2n) is 4.41. The van der Waals surface area contributed by atoms with Crippen LogP contribution in [0, 0.1) is 11.3 Å². The van der Waals surface area contributed by atoms with E-state index >= 15 is 0 Å². The van der Waals surface area contributed by atoms with E-state index in [2.05, 4.69) is 5.32 Å². The summed E-state index contributed by atoms with van der Waals surface area (Å²) in [6.45, 7) is 0.821. The third-order valence-electron chi connectivity index (χ3n) is 3.02. The molecule has 1 heterocycles. The van der Waals surface area contributed by atoms with Gasteiger partial charge in [-0.3, -0.25) is 4.79 Å². The molecular weight excluding hydrogens is 228 g/mol. The van der Waals surface area contributed by atoms with Crippen molar-refractivity contribution in [3.05, 3.63) is 29.8 Å². The molecule has 0 spiro atoms. The Labute approximate surface area is 107 Å². The van der Waals surface area contributed by atoms with Gasteiger partial charge in [-0.2, -0.15) is 5.26 Å². The highest BCUT2D eigenvalue weighted by molar-refractivity contribution is 5.90. The minimum absolute atomic E-state index is 0.00444. The molecule has 1 N–H and O–H groups in total. The molecule has 1 aromatic rings. The molecule has 0 saturated carbocycles. The Bertz CT molecular complexity index is 442. The van der Waals surface area contributed by atoms with Gasteiger partial charge in [-0.25, -0.2) is 0 Å². The average Bonchev–Trinajstić information content (AvgIpc) is 2.90. The van der Waals surface area contributed by atoms with E-state index in [1.54, 1.807) is 24.3 Å². The van der Waals surface area contributed by atoms with E-state index in [0.717, 1.165) is 31.6 Å². The quantitative estimate of drug-likeness (QED) is 0.884. The summed E-state index contributed by atoms with van der Waals surface area (Å²) in [5.41, 5.74) is 1.32. The first kappa shape index (κ1) is 12.6. The number of anilines is 1. The lowest BCUT2D eigenvalue weighted by Crippen LogP contribution is -2.15. The molecule has 1 aliphatic rings. The second kappa shape index (κ2) is 6.18. The van der Waals surface area contributed by atoms with Crippen LogP contribution in [0.5, 0.6) is 0 Å². The zero-order valence-electron chi connectivity index (χ0n) is 10.2. The number of nitrogens with zero attached hydrogens (tertiary/aromatic N) is 1. The summed E-state index contributed by atoms with van der Waals surface area (Å²) in [7, 11) is 0. The van der Waals surface area contributed by atoms with Gasteiger partial charge >= 0.3 is 0 Å². The van der Waals surface area contributed by atoms with Crippen molar-refractivity contribution in [3.63, 3.8) is 0 Å². The summed E-state index contributed by atoms with van der Waals surface area (Å²) in [4.78, 5) is 11.7. The van der Waals surface area contributed by atoms with E-state index in [0.29, 0.717) is 12.0 Å². The van der Waals surface area contributed by atoms with Gasteiger partial charge in [0.1, 0.15) is 0 Å². The predicted molar refractivity (Wildman–Crippen MR) is 68.0 cm³/mol. The summed E-state index contributed by atoms with van der Waals surface area (Å²) >= 11 is 0. The fourth-order valence-electron chi connectivity index (χ4n) is 2.02. The maximum Gasteiger partial charge on any atom is 0.224 e. The van der Waals surface area contributed by atoms with Gasteiger partial charge in [0.05, 0.1) is 17.7 Å². The van der Waals surface area contributed by atoms with E-state index in [1.807, 2.05) is 6.07 Å². The number of nitriles is 1. The lowest BCUT2D eigenvalue weighted by Gasteiger charge is -2.09. The zero-order chi connectivity index (χ0) is 12.8. The third-order valence-corrected chi connectivity index (χ3v) is 3.02. The lowest BCUT2D eigenvalue weighted by atomic mass is 10.1. The van der Waals surface area contributed by atoms with Crippen molar-refractivity contribution in [3.8, 4) is 6.07 Å². The smallest absolute Gasteiger partial charge is 0.224 e. The second-order valence-corrected chi connectivity index (χ2v) is 4.41. The molecule has 94 valence electrons. The molecule has 1 fully saturated rings. The molecule has 4 nitrogen and oxygen atoms in total. The van der Waals surface area contributed by atoms with Crippen molar-refractivity contribution < 1.29 is 9.53 Å². The maximum absolute atomic E-state index is 11.7. The summed E-state index contributed by atoms with van der Waals surface area (Å²) in [5.74, 6) is -0.00444. The van der Waals surface area contributed by atoms with Gasteiger partial charge in [0.15, 0.2) is 0 Å². The monoisotopic (exact) mass is 244 g/mol. The van der Waals surface area contributed by atoms with Crippen LogP contribution >= 0.6 is 0 Å². The van der Waals surface area contributed by atoms with Gasteiger partial charge in [-0.1, -0.05) is 0 Å². The molecule has 0 bridgehead atoms. The first-order chi connectivity index (χ1) is 8.78. The number of benzene rings is 1. The molecule has 1 aromatic carbocycles. The van der Waals surface area contributed by atoms with Crippen LogP contribution in [0.25, 0.3) is 0 Å². The van der Waals surface area contributed by atoms with Crippen LogP contribution in [0.4, 0.5) is 5.69 Å². The molecule has 18 heavy (non-hydrogen) atoms. The number of nitrogens with one attached hydrogen (secondary N) is 1. The largest absolute Gasteiger partial charge is 0.378 e. The lowest BCUT2D eigenvalue weighted by molar-refractivity contribution is -0.116. The van der Waals surface area contributed by atoms with E-state index in [-0.39, 0.29) is 12.0 Å². The molecule has 2 rings (SSSR count). The molecule has 1 atom stereocenters. The van der Waals surface area contributed by atoms with Crippen molar-refractivity contribution in [2.75, 3.05) is 11.9 Å². The maximum atomic E-state index is 11.7. The van der Waals surface area contributed by atoms with Gasteiger partial charge in [0, 0.05) is 18.7 Å². The van der Waals surface area contributed by atoms with Gasteiger partial charge in [0.2, 0.25) is 5.91 Å². The molecule has 0 unspecified atom stereocenters. The fraction of sp³-hybridized carbons (Fsp3) is 0.429. The molecule has 1 amide bonds. The normalized spacial score (nSPS) is 18.3. The highest BCUT2D eigenvalue weighted by Gasteiger charge is 2.16. The molecule has 0 aliphatic carbocycles. The minimum Gasteiger partial charge on any atom is -0.378 e. The van der Waals surface area contributed by atoms with Crippen LogP contribution in [0.3, 0.4) is 0 Å². The van der Waals surface area contributed by atoms with Crippen molar-refractivity contribution in [2.45, 2.75) is 31.8 Å². The van der Waals surface area contributed by atoms with Crippen LogP contribution in [0.1, 0.15) is 31.2 Å². The Balaban J connectivity index is 1.77. The SMILES string of the molecule is N#Cc1ccc(NC(=O)CC[C@@H]2CCCO2)cc1. The molecule has 1 saturated heterocycles. The van der Waals surface area contributed by atoms with Gasteiger partial charge in [-0.05, 0) is 43.5 Å². The number of hydrogen-bond acceptors (Lipinski definition) is 3. The molecule has 1 aliphatic heterocycles. The number of carbonyl (C=O) groups is 1. The summed E-state index contributed by atoms with van der Waals surface area (Å²) in [6.07, 6.45) is 3.66. The Morgan fingerprint density at radius 1 is 1.44 bits per heavy atom. The van der Waals surface area contributed by atoms with Crippen LogP contribution in [-0.4, -0.2) is 18.6 Å². The summed E-state index contributed by atoms with van der Waals surface area (Å²) in [5, 5.41) is 11.5. The minimum atomic E-state index is -0.00444. The molecular formula is C14H16N2O2. The Morgan fingerprint density at radius 3 is 2.83 bits per heavy atom. The number of carbonyl (C=O) groups excluding carboxylic acids is 1. The number of rotatable bonds is 4. The van der Waals surface area contributed by atoms with Crippen LogP contribution in [0.15, 0.2) is 24.3 Å². The third kappa shape index (κ3) is 3.57. The van der Waals surface area contributed by atoms with Gasteiger partial charge in [-0.15, -0.1) is 0 Å². The number of hydrogen-bond donors (Lipinski definition) is 1. The number of ether oxygens (including phenoxy) is 1. The predicted octanol–water partition coefficient (Wildman–Crippen LogP) is 2.46. The van der Waals surface area contributed by atoms with Gasteiger partial charge < -0.3 is 10.1 Å². The standard InChI is InChI=1S/C14H16N2O2/c15-10-11-3-5-12(6-4-11)16-14(17)8-7-13-2-1-9-18-13/h3-6,13H,1-2,7-9H2,(H,16,17)/t13-/m0/s1. The average molecular weight is 244 g/mol. The van der Waals surface area contributed by atoms with Crippen molar-refractivity contribution >= 4 is 11.6 Å². The zero-order valence-corrected chi connectivity index (χ0v) is 10.2. The van der Waals surface area contributed by atoms with E-state index in [1.165, 1.54) is 0 Å². The first-order valence-corrected chi connectivity index (χ1v) is 6.19. The highest BCUT2D eigenvalue weighted by Crippen LogP contribution is 2.17. The fourth-order valence-corrected chi connectivity index (χ4v) is 2.02. The van der Waals surface area contributed by atoms with Gasteiger partial charge in [0.25, 0.3) is 0 Å². The van der Waals surface area contributed by atoms with E-state index < -0.39 is 0 Å². The van der Waals surface area contributed by atoms with Crippen molar-refractivity contribution in [1.82, 2.24) is 0 Å². The first-order valence-electron chi connectivity index (χ1n) is 6.19.